The molecular formula is C31H54O2. The maximum atomic E-state index is 6.14. The van der Waals surface area contributed by atoms with E-state index in [1.807, 2.05) is 12.1 Å². The summed E-state index contributed by atoms with van der Waals surface area (Å²) < 4.78 is 12.1. The standard InChI is InChI=1S/C31H54O2/c1-4-5-6-7-8-9-10-11-12-13-14-15-16-17-18-22-25-32-28-31(26-29(2)3)33-27-30-23-20-19-21-24-30/h4,19-21,23-24,29,31H,1,5-18,22,25-28H2,2-3H3. The molecule has 0 aliphatic carbocycles. The Morgan fingerprint density at radius 2 is 1.24 bits per heavy atom. The number of unbranched alkanes of at least 4 members (excludes halogenated alkanes) is 14. The smallest absolute Gasteiger partial charge is 0.0815 e. The van der Waals surface area contributed by atoms with Crippen LogP contribution in [-0.2, 0) is 16.1 Å². The van der Waals surface area contributed by atoms with E-state index in [0.29, 0.717) is 12.5 Å². The first kappa shape index (κ1) is 29.9. The zero-order valence-electron chi connectivity index (χ0n) is 22.1. The third-order valence-corrected chi connectivity index (χ3v) is 6.31. The van der Waals surface area contributed by atoms with E-state index in [-0.39, 0.29) is 6.10 Å². The molecule has 1 aromatic rings. The van der Waals surface area contributed by atoms with E-state index in [4.69, 9.17) is 9.47 Å². The van der Waals surface area contributed by atoms with Crippen molar-refractivity contribution in [1.29, 1.82) is 0 Å². The van der Waals surface area contributed by atoms with Gasteiger partial charge >= 0.3 is 0 Å². The fourth-order valence-corrected chi connectivity index (χ4v) is 4.33. The van der Waals surface area contributed by atoms with Crippen molar-refractivity contribution in [3.8, 4) is 0 Å². The van der Waals surface area contributed by atoms with E-state index >= 15 is 0 Å². The molecule has 0 saturated heterocycles. The lowest BCUT2D eigenvalue weighted by Crippen LogP contribution is -2.22. The quantitative estimate of drug-likeness (QED) is 0.113. The first-order valence-corrected chi connectivity index (χ1v) is 14.1. The third-order valence-electron chi connectivity index (χ3n) is 6.31. The van der Waals surface area contributed by atoms with Crippen LogP contribution in [0.3, 0.4) is 0 Å². The Bertz CT molecular complexity index is 525. The Labute approximate surface area is 206 Å². The predicted molar refractivity (Wildman–Crippen MR) is 145 cm³/mol. The molecule has 1 atom stereocenters. The summed E-state index contributed by atoms with van der Waals surface area (Å²) in [6.07, 6.45) is 23.8. The molecule has 0 heterocycles. The lowest BCUT2D eigenvalue weighted by atomic mass is 10.0. The molecule has 0 amide bonds. The molecule has 2 nitrogen and oxygen atoms in total. The van der Waals surface area contributed by atoms with Crippen LogP contribution < -0.4 is 0 Å². The molecule has 0 fully saturated rings. The topological polar surface area (TPSA) is 18.5 Å². The van der Waals surface area contributed by atoms with Crippen LogP contribution in [0.5, 0.6) is 0 Å². The van der Waals surface area contributed by atoms with Crippen molar-refractivity contribution >= 4 is 0 Å². The van der Waals surface area contributed by atoms with Crippen molar-refractivity contribution in [3.05, 3.63) is 48.6 Å². The second kappa shape index (κ2) is 22.7. The Morgan fingerprint density at radius 1 is 0.727 bits per heavy atom. The molecule has 0 aromatic heterocycles. The highest BCUT2D eigenvalue weighted by Gasteiger charge is 2.12. The average Bonchev–Trinajstić information content (AvgIpc) is 2.82. The van der Waals surface area contributed by atoms with Crippen molar-refractivity contribution in [2.75, 3.05) is 13.2 Å². The largest absolute Gasteiger partial charge is 0.379 e. The molecule has 1 unspecified atom stereocenters. The van der Waals surface area contributed by atoms with Gasteiger partial charge in [0.25, 0.3) is 0 Å². The summed E-state index contributed by atoms with van der Waals surface area (Å²) in [4.78, 5) is 0. The van der Waals surface area contributed by atoms with E-state index < -0.39 is 0 Å². The van der Waals surface area contributed by atoms with Crippen LogP contribution in [0.2, 0.25) is 0 Å². The van der Waals surface area contributed by atoms with Crippen molar-refractivity contribution in [1.82, 2.24) is 0 Å². The molecule has 2 heteroatoms. The molecule has 0 bridgehead atoms. The van der Waals surface area contributed by atoms with Gasteiger partial charge in [-0.25, -0.2) is 0 Å². The van der Waals surface area contributed by atoms with Crippen molar-refractivity contribution in [3.63, 3.8) is 0 Å². The van der Waals surface area contributed by atoms with Crippen LogP contribution in [-0.4, -0.2) is 19.3 Å². The zero-order valence-corrected chi connectivity index (χ0v) is 22.1. The molecule has 1 aromatic carbocycles. The lowest BCUT2D eigenvalue weighted by molar-refractivity contribution is -0.0346. The first-order valence-electron chi connectivity index (χ1n) is 14.1. The van der Waals surface area contributed by atoms with Crippen LogP contribution in [0.4, 0.5) is 0 Å². The minimum atomic E-state index is 0.197. The average molecular weight is 459 g/mol. The summed E-state index contributed by atoms with van der Waals surface area (Å²) in [5.74, 6) is 0.627. The highest BCUT2D eigenvalue weighted by Crippen LogP contribution is 2.15. The van der Waals surface area contributed by atoms with Gasteiger partial charge in [0.1, 0.15) is 0 Å². The molecule has 1 rings (SSSR count). The van der Waals surface area contributed by atoms with Gasteiger partial charge in [-0.15, -0.1) is 6.58 Å². The minimum absolute atomic E-state index is 0.197. The minimum Gasteiger partial charge on any atom is -0.379 e. The lowest BCUT2D eigenvalue weighted by Gasteiger charge is -2.20. The van der Waals surface area contributed by atoms with Gasteiger partial charge in [0, 0.05) is 6.61 Å². The third kappa shape index (κ3) is 20.0. The number of ether oxygens (including phenoxy) is 2. The first-order chi connectivity index (χ1) is 16.2. The van der Waals surface area contributed by atoms with Crippen LogP contribution in [0, 0.1) is 5.92 Å². The normalized spacial score (nSPS) is 12.3. The zero-order chi connectivity index (χ0) is 23.8. The van der Waals surface area contributed by atoms with E-state index in [1.54, 1.807) is 0 Å². The summed E-state index contributed by atoms with van der Waals surface area (Å²) in [7, 11) is 0. The molecule has 0 radical (unpaired) electrons. The van der Waals surface area contributed by atoms with Crippen LogP contribution in [0.1, 0.15) is 122 Å². The maximum absolute atomic E-state index is 6.14. The van der Waals surface area contributed by atoms with Gasteiger partial charge in [-0.2, -0.15) is 0 Å². The van der Waals surface area contributed by atoms with E-state index in [2.05, 4.69) is 44.7 Å². The number of hydrogen-bond donors (Lipinski definition) is 0. The SMILES string of the molecule is C=CCCCCCCCCCCCCCCCCOCC(CC(C)C)OCc1ccccc1. The molecule has 190 valence electrons. The molecular weight excluding hydrogens is 404 g/mol. The fraction of sp³-hybridized carbons (Fsp3) is 0.742. The van der Waals surface area contributed by atoms with Crippen LogP contribution >= 0.6 is 0 Å². The van der Waals surface area contributed by atoms with Gasteiger partial charge in [0.15, 0.2) is 0 Å². The summed E-state index contributed by atoms with van der Waals surface area (Å²) >= 11 is 0. The summed E-state index contributed by atoms with van der Waals surface area (Å²) in [6.45, 7) is 10.6. The number of benzene rings is 1. The Kier molecular flexibility index (Phi) is 20.5. The second-order valence-corrected chi connectivity index (χ2v) is 10.2. The fourth-order valence-electron chi connectivity index (χ4n) is 4.33. The molecule has 0 saturated carbocycles. The van der Waals surface area contributed by atoms with E-state index in [9.17, 15) is 0 Å². The van der Waals surface area contributed by atoms with Crippen molar-refractivity contribution in [2.45, 2.75) is 129 Å². The number of hydrogen-bond acceptors (Lipinski definition) is 2. The van der Waals surface area contributed by atoms with Gasteiger partial charge in [0.2, 0.25) is 0 Å². The number of allylic oxidation sites excluding steroid dienone is 1. The monoisotopic (exact) mass is 458 g/mol. The summed E-state index contributed by atoms with van der Waals surface area (Å²) in [5, 5.41) is 0. The summed E-state index contributed by atoms with van der Waals surface area (Å²) in [5.41, 5.74) is 1.24. The molecule has 0 aliphatic heterocycles. The molecule has 0 aliphatic rings. The van der Waals surface area contributed by atoms with Gasteiger partial charge in [0.05, 0.1) is 19.3 Å². The van der Waals surface area contributed by atoms with Crippen LogP contribution in [0.25, 0.3) is 0 Å². The highest BCUT2D eigenvalue weighted by molar-refractivity contribution is 5.13. The molecule has 0 spiro atoms. The second-order valence-electron chi connectivity index (χ2n) is 10.2. The van der Waals surface area contributed by atoms with E-state index in [0.717, 1.165) is 19.6 Å². The van der Waals surface area contributed by atoms with Gasteiger partial charge < -0.3 is 9.47 Å². The highest BCUT2D eigenvalue weighted by atomic mass is 16.5. The Balaban J connectivity index is 1.88. The predicted octanol–water partition coefficient (Wildman–Crippen LogP) is 9.67. The van der Waals surface area contributed by atoms with Gasteiger partial charge in [-0.1, -0.05) is 127 Å². The maximum Gasteiger partial charge on any atom is 0.0815 e. The van der Waals surface area contributed by atoms with Gasteiger partial charge in [-0.3, -0.25) is 0 Å². The Morgan fingerprint density at radius 3 is 1.76 bits per heavy atom. The van der Waals surface area contributed by atoms with E-state index in [1.165, 1.54) is 102 Å². The molecule has 0 N–H and O–H groups in total. The Hall–Kier alpha value is -1.12. The summed E-state index contributed by atoms with van der Waals surface area (Å²) in [6, 6.07) is 10.4. The molecule has 33 heavy (non-hydrogen) atoms. The van der Waals surface area contributed by atoms with Crippen molar-refractivity contribution in [2.24, 2.45) is 5.92 Å². The number of rotatable bonds is 24. The van der Waals surface area contributed by atoms with Crippen molar-refractivity contribution < 1.29 is 9.47 Å². The van der Waals surface area contributed by atoms with Gasteiger partial charge in [-0.05, 0) is 37.2 Å². The van der Waals surface area contributed by atoms with Crippen LogP contribution in [0.15, 0.2) is 43.0 Å².